The molecule has 0 amide bonds. The Balaban J connectivity index is 0. The van der Waals surface area contributed by atoms with E-state index in [9.17, 15) is 0 Å². The number of carbonyl (C=O) groups is 1. The molecule has 1 aliphatic rings. The minimum atomic E-state index is -0.833. The molecular formula is C10H16O2Rh. The smallest absolute Gasteiger partial charge is 0.300 e. The van der Waals surface area contributed by atoms with Gasteiger partial charge in [0.25, 0.3) is 5.97 Å². The number of hydrogen-bond donors (Lipinski definition) is 1. The van der Waals surface area contributed by atoms with Gasteiger partial charge in [-0.15, -0.1) is 0 Å². The summed E-state index contributed by atoms with van der Waals surface area (Å²) in [5, 5.41) is 7.42. The van der Waals surface area contributed by atoms with Gasteiger partial charge in [0, 0.05) is 26.4 Å². The van der Waals surface area contributed by atoms with E-state index < -0.39 is 5.97 Å². The molecule has 3 heteroatoms. The van der Waals surface area contributed by atoms with E-state index in [2.05, 4.69) is 24.3 Å². The van der Waals surface area contributed by atoms with Crippen LogP contribution >= 0.6 is 0 Å². The van der Waals surface area contributed by atoms with E-state index >= 15 is 0 Å². The summed E-state index contributed by atoms with van der Waals surface area (Å²) in [5.74, 6) is -0.833. The van der Waals surface area contributed by atoms with Crippen LogP contribution in [0.1, 0.15) is 32.6 Å². The van der Waals surface area contributed by atoms with E-state index in [0.29, 0.717) is 0 Å². The van der Waals surface area contributed by atoms with Crippen molar-refractivity contribution < 1.29 is 29.4 Å². The molecule has 1 radical (unpaired) electrons. The summed E-state index contributed by atoms with van der Waals surface area (Å²) in [6.45, 7) is 1.08. The molecule has 1 aliphatic carbocycles. The molecule has 1 rings (SSSR count). The Labute approximate surface area is 92.5 Å². The van der Waals surface area contributed by atoms with Gasteiger partial charge in [0.15, 0.2) is 0 Å². The van der Waals surface area contributed by atoms with Crippen molar-refractivity contribution in [2.75, 3.05) is 0 Å². The average molecular weight is 271 g/mol. The molecule has 0 aromatic rings. The number of hydrogen-bond acceptors (Lipinski definition) is 1. The van der Waals surface area contributed by atoms with Crippen molar-refractivity contribution in [3.63, 3.8) is 0 Å². The van der Waals surface area contributed by atoms with Gasteiger partial charge in [0.2, 0.25) is 0 Å². The first-order valence-electron chi connectivity index (χ1n) is 4.23. The van der Waals surface area contributed by atoms with Gasteiger partial charge in [-0.3, -0.25) is 4.79 Å². The zero-order valence-electron chi connectivity index (χ0n) is 7.83. The van der Waals surface area contributed by atoms with Crippen molar-refractivity contribution in [3.8, 4) is 0 Å². The predicted octanol–water partition coefficient (Wildman–Crippen LogP) is 2.76. The maximum atomic E-state index is 9.00. The van der Waals surface area contributed by atoms with Crippen LogP contribution in [0.5, 0.6) is 0 Å². The molecule has 0 saturated carbocycles. The average Bonchev–Trinajstić information content (AvgIpc) is 1.82. The molecule has 0 unspecified atom stereocenters. The number of rotatable bonds is 0. The Morgan fingerprint density at radius 2 is 1.15 bits per heavy atom. The SMILES string of the molecule is C1=C\CC/C=C\CC/1.CC(=O)O.[Rh]. The van der Waals surface area contributed by atoms with Crippen LogP contribution in [0.15, 0.2) is 24.3 Å². The first kappa shape index (κ1) is 15.1. The van der Waals surface area contributed by atoms with Crippen LogP contribution in [-0.2, 0) is 24.3 Å². The van der Waals surface area contributed by atoms with Crippen LogP contribution in [0.2, 0.25) is 0 Å². The summed E-state index contributed by atoms with van der Waals surface area (Å²) in [7, 11) is 0. The summed E-state index contributed by atoms with van der Waals surface area (Å²) in [5.41, 5.74) is 0. The van der Waals surface area contributed by atoms with Gasteiger partial charge in [0.05, 0.1) is 0 Å². The largest absolute Gasteiger partial charge is 0.481 e. The summed E-state index contributed by atoms with van der Waals surface area (Å²) in [6, 6.07) is 0. The zero-order valence-corrected chi connectivity index (χ0v) is 9.47. The van der Waals surface area contributed by atoms with Crippen LogP contribution in [0, 0.1) is 0 Å². The minimum Gasteiger partial charge on any atom is -0.481 e. The fourth-order valence-electron chi connectivity index (χ4n) is 0.856. The molecule has 77 valence electrons. The monoisotopic (exact) mass is 271 g/mol. The van der Waals surface area contributed by atoms with Gasteiger partial charge in [-0.25, -0.2) is 0 Å². The van der Waals surface area contributed by atoms with Crippen molar-refractivity contribution in [2.45, 2.75) is 32.6 Å². The number of allylic oxidation sites excluding steroid dienone is 4. The van der Waals surface area contributed by atoms with Crippen molar-refractivity contribution in [3.05, 3.63) is 24.3 Å². The molecule has 0 aromatic carbocycles. The second-order valence-corrected chi connectivity index (χ2v) is 2.62. The van der Waals surface area contributed by atoms with Crippen LogP contribution in [-0.4, -0.2) is 11.1 Å². The van der Waals surface area contributed by atoms with Crippen LogP contribution in [0.25, 0.3) is 0 Å². The Bertz CT molecular complexity index is 144. The number of carboxylic acid groups (broad SMARTS) is 1. The molecule has 0 bridgehead atoms. The van der Waals surface area contributed by atoms with Crippen molar-refractivity contribution in [2.24, 2.45) is 0 Å². The Kier molecular flexibility index (Phi) is 13.4. The molecule has 0 heterocycles. The fraction of sp³-hybridized carbons (Fsp3) is 0.500. The quantitative estimate of drug-likeness (QED) is 0.543. The summed E-state index contributed by atoms with van der Waals surface area (Å²) >= 11 is 0. The molecule has 0 aromatic heterocycles. The second kappa shape index (κ2) is 11.6. The van der Waals surface area contributed by atoms with E-state index in [0.717, 1.165) is 6.92 Å². The molecule has 0 fully saturated rings. The van der Waals surface area contributed by atoms with Crippen LogP contribution < -0.4 is 0 Å². The minimum absolute atomic E-state index is 0. The Morgan fingerprint density at radius 1 is 1.00 bits per heavy atom. The predicted molar refractivity (Wildman–Crippen MR) is 50.1 cm³/mol. The summed E-state index contributed by atoms with van der Waals surface area (Å²) < 4.78 is 0. The van der Waals surface area contributed by atoms with E-state index in [1.807, 2.05) is 0 Å². The first-order chi connectivity index (χ1) is 5.73. The molecule has 0 spiro atoms. The van der Waals surface area contributed by atoms with E-state index in [4.69, 9.17) is 9.90 Å². The molecule has 1 N–H and O–H groups in total. The fourth-order valence-corrected chi connectivity index (χ4v) is 0.856. The Hall–Kier alpha value is -0.427. The van der Waals surface area contributed by atoms with Crippen molar-refractivity contribution in [1.82, 2.24) is 0 Å². The van der Waals surface area contributed by atoms with Crippen molar-refractivity contribution in [1.29, 1.82) is 0 Å². The van der Waals surface area contributed by atoms with Crippen molar-refractivity contribution >= 4 is 5.97 Å². The molecule has 0 aliphatic heterocycles. The topological polar surface area (TPSA) is 37.3 Å². The van der Waals surface area contributed by atoms with Gasteiger partial charge in [-0.05, 0) is 25.7 Å². The summed E-state index contributed by atoms with van der Waals surface area (Å²) in [6.07, 6.45) is 14.0. The number of carboxylic acids is 1. The van der Waals surface area contributed by atoms with Gasteiger partial charge in [0.1, 0.15) is 0 Å². The van der Waals surface area contributed by atoms with Gasteiger partial charge >= 0.3 is 0 Å². The molecular weight excluding hydrogens is 255 g/mol. The second-order valence-electron chi connectivity index (χ2n) is 2.62. The van der Waals surface area contributed by atoms with E-state index in [1.165, 1.54) is 25.7 Å². The number of aliphatic carboxylic acids is 1. The standard InChI is InChI=1S/C8H12.C2H4O2.Rh/c1-2-4-6-8-7-5-3-1;1-2(3)4;/h1-2,7-8H,3-6H2;1H3,(H,3,4);/b2-1-,8-7-;;. The molecule has 0 atom stereocenters. The third-order valence-electron chi connectivity index (χ3n) is 1.33. The first-order valence-corrected chi connectivity index (χ1v) is 4.23. The normalized spacial score (nSPS) is 19.2. The van der Waals surface area contributed by atoms with Gasteiger partial charge < -0.3 is 5.11 Å². The van der Waals surface area contributed by atoms with Crippen LogP contribution in [0.3, 0.4) is 0 Å². The Morgan fingerprint density at radius 3 is 1.31 bits per heavy atom. The van der Waals surface area contributed by atoms with Gasteiger partial charge in [-0.2, -0.15) is 0 Å². The third kappa shape index (κ3) is 18.5. The third-order valence-corrected chi connectivity index (χ3v) is 1.33. The maximum Gasteiger partial charge on any atom is 0.300 e. The molecule has 2 nitrogen and oxygen atoms in total. The molecule has 0 saturated heterocycles. The van der Waals surface area contributed by atoms with E-state index in [-0.39, 0.29) is 19.5 Å². The van der Waals surface area contributed by atoms with E-state index in [1.54, 1.807) is 0 Å². The zero-order chi connectivity index (χ0) is 9.23. The maximum absolute atomic E-state index is 9.00. The van der Waals surface area contributed by atoms with Crippen LogP contribution in [0.4, 0.5) is 0 Å². The van der Waals surface area contributed by atoms with Gasteiger partial charge in [-0.1, -0.05) is 24.3 Å². The molecule has 13 heavy (non-hydrogen) atoms. The summed E-state index contributed by atoms with van der Waals surface area (Å²) in [4.78, 5) is 9.00.